The molecule has 0 heterocycles. The van der Waals surface area contributed by atoms with Gasteiger partial charge in [0.25, 0.3) is 5.91 Å². The van der Waals surface area contributed by atoms with Crippen molar-refractivity contribution >= 4 is 11.9 Å². The largest absolute Gasteiger partial charge is 0.496 e. The number of amides is 1. The molecule has 0 unspecified atom stereocenters. The van der Waals surface area contributed by atoms with Crippen molar-refractivity contribution in [1.82, 2.24) is 16.0 Å². The predicted molar refractivity (Wildman–Crippen MR) is 120 cm³/mol. The van der Waals surface area contributed by atoms with Crippen LogP contribution < -0.4 is 20.7 Å². The Morgan fingerprint density at radius 3 is 2.70 bits per heavy atom. The number of benzene rings is 2. The SMILES string of the molecule is CCNC(=NCCOCc1ccccc1OC)NCCc1cccc(C(=O)NC)c1. The van der Waals surface area contributed by atoms with Gasteiger partial charge in [-0.25, -0.2) is 0 Å². The first kappa shape index (κ1) is 23.2. The van der Waals surface area contributed by atoms with Crippen molar-refractivity contribution in [3.63, 3.8) is 0 Å². The van der Waals surface area contributed by atoms with E-state index in [0.29, 0.717) is 31.9 Å². The fraction of sp³-hybridized carbons (Fsp3) is 0.391. The number of hydrogen-bond donors (Lipinski definition) is 3. The number of para-hydroxylation sites is 1. The molecule has 7 heteroatoms. The maximum absolute atomic E-state index is 11.8. The molecule has 0 radical (unpaired) electrons. The highest BCUT2D eigenvalue weighted by Gasteiger charge is 2.04. The van der Waals surface area contributed by atoms with E-state index in [1.807, 2.05) is 55.5 Å². The lowest BCUT2D eigenvalue weighted by atomic mass is 10.1. The number of rotatable bonds is 11. The van der Waals surface area contributed by atoms with Gasteiger partial charge in [-0.3, -0.25) is 9.79 Å². The molecule has 162 valence electrons. The molecule has 30 heavy (non-hydrogen) atoms. The van der Waals surface area contributed by atoms with E-state index in [0.717, 1.165) is 35.8 Å². The van der Waals surface area contributed by atoms with Crippen LogP contribution in [0.25, 0.3) is 0 Å². The first-order chi connectivity index (χ1) is 14.7. The number of guanidine groups is 1. The highest BCUT2D eigenvalue weighted by Crippen LogP contribution is 2.17. The van der Waals surface area contributed by atoms with Gasteiger partial charge in [-0.2, -0.15) is 0 Å². The van der Waals surface area contributed by atoms with Crippen LogP contribution in [-0.2, 0) is 17.8 Å². The smallest absolute Gasteiger partial charge is 0.251 e. The van der Waals surface area contributed by atoms with Gasteiger partial charge in [-0.05, 0) is 37.1 Å². The van der Waals surface area contributed by atoms with Gasteiger partial charge in [0, 0.05) is 31.3 Å². The summed E-state index contributed by atoms with van der Waals surface area (Å²) in [5.74, 6) is 1.50. The molecule has 0 aliphatic heterocycles. The van der Waals surface area contributed by atoms with Crippen LogP contribution >= 0.6 is 0 Å². The average molecular weight is 413 g/mol. The van der Waals surface area contributed by atoms with Crippen molar-refractivity contribution < 1.29 is 14.3 Å². The third kappa shape index (κ3) is 7.75. The highest BCUT2D eigenvalue weighted by atomic mass is 16.5. The minimum absolute atomic E-state index is 0.0761. The summed E-state index contributed by atoms with van der Waals surface area (Å²) in [6.45, 7) is 5.08. The van der Waals surface area contributed by atoms with Crippen molar-refractivity contribution in [2.75, 3.05) is 40.4 Å². The lowest BCUT2D eigenvalue weighted by Gasteiger charge is -2.12. The fourth-order valence-corrected chi connectivity index (χ4v) is 2.91. The summed E-state index contributed by atoms with van der Waals surface area (Å²) >= 11 is 0. The monoisotopic (exact) mass is 412 g/mol. The maximum Gasteiger partial charge on any atom is 0.251 e. The summed E-state index contributed by atoms with van der Waals surface area (Å²) in [7, 11) is 3.29. The number of carbonyl (C=O) groups is 1. The van der Waals surface area contributed by atoms with Crippen LogP contribution in [0.15, 0.2) is 53.5 Å². The van der Waals surface area contributed by atoms with E-state index in [4.69, 9.17) is 9.47 Å². The van der Waals surface area contributed by atoms with E-state index >= 15 is 0 Å². The second-order valence-corrected chi connectivity index (χ2v) is 6.58. The maximum atomic E-state index is 11.8. The Hall–Kier alpha value is -3.06. The first-order valence-electron chi connectivity index (χ1n) is 10.2. The van der Waals surface area contributed by atoms with Crippen LogP contribution in [0.4, 0.5) is 0 Å². The summed E-state index contributed by atoms with van der Waals surface area (Å²) in [4.78, 5) is 16.3. The molecular weight excluding hydrogens is 380 g/mol. The van der Waals surface area contributed by atoms with Crippen molar-refractivity contribution in [3.8, 4) is 5.75 Å². The molecular formula is C23H32N4O3. The van der Waals surface area contributed by atoms with Crippen LogP contribution in [0.2, 0.25) is 0 Å². The number of ether oxygens (including phenoxy) is 2. The van der Waals surface area contributed by atoms with Gasteiger partial charge in [-0.1, -0.05) is 30.3 Å². The van der Waals surface area contributed by atoms with Crippen LogP contribution in [0.1, 0.15) is 28.4 Å². The van der Waals surface area contributed by atoms with Gasteiger partial charge in [0.2, 0.25) is 0 Å². The molecule has 0 spiro atoms. The number of methoxy groups -OCH3 is 1. The van der Waals surface area contributed by atoms with Gasteiger partial charge in [0.15, 0.2) is 5.96 Å². The molecule has 2 aromatic carbocycles. The quantitative estimate of drug-likeness (QED) is 0.300. The summed E-state index contributed by atoms with van der Waals surface area (Å²) in [6.07, 6.45) is 0.791. The topological polar surface area (TPSA) is 84.0 Å². The molecule has 2 aromatic rings. The summed E-state index contributed by atoms with van der Waals surface area (Å²) in [6, 6.07) is 15.5. The van der Waals surface area contributed by atoms with E-state index in [2.05, 4.69) is 20.9 Å². The second-order valence-electron chi connectivity index (χ2n) is 6.58. The molecule has 2 rings (SSSR count). The zero-order chi connectivity index (χ0) is 21.6. The lowest BCUT2D eigenvalue weighted by molar-refractivity contribution is 0.0963. The lowest BCUT2D eigenvalue weighted by Crippen LogP contribution is -2.38. The Morgan fingerprint density at radius 2 is 1.93 bits per heavy atom. The number of nitrogens with zero attached hydrogens (tertiary/aromatic N) is 1. The third-order valence-electron chi connectivity index (χ3n) is 4.42. The van der Waals surface area contributed by atoms with Gasteiger partial charge in [-0.15, -0.1) is 0 Å². The molecule has 0 saturated heterocycles. The minimum atomic E-state index is -0.0761. The molecule has 0 bridgehead atoms. The molecule has 0 aliphatic carbocycles. The molecule has 7 nitrogen and oxygen atoms in total. The van der Waals surface area contributed by atoms with E-state index in [1.165, 1.54) is 0 Å². The molecule has 0 saturated carbocycles. The minimum Gasteiger partial charge on any atom is -0.496 e. The Morgan fingerprint density at radius 1 is 1.10 bits per heavy atom. The van der Waals surface area contributed by atoms with E-state index < -0.39 is 0 Å². The van der Waals surface area contributed by atoms with Crippen molar-refractivity contribution in [2.24, 2.45) is 4.99 Å². The second kappa shape index (κ2) is 13.2. The van der Waals surface area contributed by atoms with Crippen LogP contribution in [0.3, 0.4) is 0 Å². The third-order valence-corrected chi connectivity index (χ3v) is 4.42. The van der Waals surface area contributed by atoms with Crippen LogP contribution in [0, 0.1) is 0 Å². The zero-order valence-electron chi connectivity index (χ0n) is 18.0. The number of hydrogen-bond acceptors (Lipinski definition) is 4. The fourth-order valence-electron chi connectivity index (χ4n) is 2.91. The molecule has 0 fully saturated rings. The molecule has 1 amide bonds. The van der Waals surface area contributed by atoms with Crippen molar-refractivity contribution in [3.05, 3.63) is 65.2 Å². The Kier molecular flexibility index (Phi) is 10.2. The van der Waals surface area contributed by atoms with Gasteiger partial charge in [0.1, 0.15) is 5.75 Å². The molecule has 0 aromatic heterocycles. The van der Waals surface area contributed by atoms with E-state index in [9.17, 15) is 4.79 Å². The standard InChI is InChI=1S/C23H32N4O3/c1-4-25-23(26-13-12-18-8-7-10-19(16-18)22(28)24-2)27-14-15-30-17-20-9-5-6-11-21(20)29-3/h5-11,16H,4,12-15,17H2,1-3H3,(H,24,28)(H2,25,26,27). The summed E-state index contributed by atoms with van der Waals surface area (Å²) in [5.41, 5.74) is 2.79. The Bertz CT molecular complexity index is 824. The Balaban J connectivity index is 1.77. The van der Waals surface area contributed by atoms with E-state index in [-0.39, 0.29) is 5.91 Å². The van der Waals surface area contributed by atoms with E-state index in [1.54, 1.807) is 14.2 Å². The van der Waals surface area contributed by atoms with Crippen molar-refractivity contribution in [1.29, 1.82) is 0 Å². The average Bonchev–Trinajstić information content (AvgIpc) is 2.78. The van der Waals surface area contributed by atoms with Gasteiger partial charge < -0.3 is 25.4 Å². The predicted octanol–water partition coefficient (Wildman–Crippen LogP) is 2.37. The summed E-state index contributed by atoms with van der Waals surface area (Å²) in [5, 5.41) is 9.20. The molecule has 3 N–H and O–H groups in total. The zero-order valence-corrected chi connectivity index (χ0v) is 18.0. The van der Waals surface area contributed by atoms with Gasteiger partial charge in [0.05, 0.1) is 26.9 Å². The first-order valence-corrected chi connectivity index (χ1v) is 10.2. The van der Waals surface area contributed by atoms with Gasteiger partial charge >= 0.3 is 0 Å². The normalized spacial score (nSPS) is 11.1. The van der Waals surface area contributed by atoms with Crippen LogP contribution in [0.5, 0.6) is 5.75 Å². The summed E-state index contributed by atoms with van der Waals surface area (Å²) < 4.78 is 11.1. The highest BCUT2D eigenvalue weighted by molar-refractivity contribution is 5.94. The number of nitrogens with one attached hydrogen (secondary N) is 3. The van der Waals surface area contributed by atoms with Crippen LogP contribution in [-0.4, -0.2) is 52.3 Å². The van der Waals surface area contributed by atoms with Crippen molar-refractivity contribution in [2.45, 2.75) is 20.0 Å². The number of carbonyl (C=O) groups excluding carboxylic acids is 1. The Labute approximate surface area is 178 Å². The number of aliphatic imine (C=N–C) groups is 1. The molecule has 0 atom stereocenters. The molecule has 0 aliphatic rings.